The number of carbonyl (C=O) groups excluding carboxylic acids is 3. The molecule has 3 aliphatic heterocycles. The number of hydrogen-bond acceptors (Lipinski definition) is 7. The summed E-state index contributed by atoms with van der Waals surface area (Å²) in [4.78, 5) is 61.9. The average Bonchev–Trinajstić information content (AvgIpc) is 3.62. The molecule has 2 unspecified atom stereocenters. The van der Waals surface area contributed by atoms with E-state index in [1.54, 1.807) is 15.9 Å². The van der Waals surface area contributed by atoms with Gasteiger partial charge in [0.1, 0.15) is 6.17 Å². The first-order valence-electron chi connectivity index (χ1n) is 16.4. The van der Waals surface area contributed by atoms with Gasteiger partial charge in [-0.2, -0.15) is 0 Å². The highest BCUT2D eigenvalue weighted by Crippen LogP contribution is 2.40. The molecule has 13 heteroatoms. The van der Waals surface area contributed by atoms with Gasteiger partial charge in [-0.15, -0.1) is 0 Å². The highest BCUT2D eigenvalue weighted by Gasteiger charge is 2.42. The Labute approximate surface area is 293 Å². The number of halogens is 2. The van der Waals surface area contributed by atoms with Gasteiger partial charge in [0.25, 0.3) is 5.91 Å². The molecule has 0 saturated carbocycles. The second kappa shape index (κ2) is 14.4. The maximum atomic E-state index is 14.8. The Morgan fingerprint density at radius 3 is 2.44 bits per heavy atom. The molecule has 0 aliphatic carbocycles. The third-order valence-corrected chi connectivity index (χ3v) is 9.83. The van der Waals surface area contributed by atoms with Crippen LogP contribution in [0.5, 0.6) is 0 Å². The molecule has 6 rings (SSSR count). The molecule has 3 amide bonds. The van der Waals surface area contributed by atoms with Crippen molar-refractivity contribution in [3.05, 3.63) is 105 Å². The normalized spacial score (nSPS) is 19.2. The standard InChI is InChI=1S/C37H37ClFN5O6/c1-21(2)33(40)36(47)42-16-13-22(14-17-42)25-5-3-6-27-26(25)15-18-43(34(27)44(20-45)24-11-9-23(10-12-24)37(48)49)35(46)31-19-30(41-50-31)28-7-4-8-29(38)32(28)39/h3-13,20-21,31,33-34H,14-19,40H2,1-2H3,(H,48,49)/t31?,33?,34-/m1/s1. The van der Waals surface area contributed by atoms with Gasteiger partial charge in [-0.25, -0.2) is 9.18 Å². The molecule has 0 aromatic heterocycles. The zero-order valence-electron chi connectivity index (χ0n) is 27.6. The number of anilines is 1. The van der Waals surface area contributed by atoms with Gasteiger partial charge in [0, 0.05) is 37.3 Å². The lowest BCUT2D eigenvalue weighted by atomic mass is 9.86. The number of benzene rings is 3. The van der Waals surface area contributed by atoms with Crippen LogP contribution in [0.15, 0.2) is 71.9 Å². The van der Waals surface area contributed by atoms with E-state index in [4.69, 9.17) is 22.2 Å². The minimum absolute atomic E-state index is 0.0107. The van der Waals surface area contributed by atoms with Crippen molar-refractivity contribution >= 4 is 52.8 Å². The van der Waals surface area contributed by atoms with Gasteiger partial charge in [-0.05, 0) is 77.4 Å². The molecule has 260 valence electrons. The molecule has 3 aliphatic rings. The maximum absolute atomic E-state index is 14.8. The fourth-order valence-corrected chi connectivity index (χ4v) is 6.88. The second-order valence-corrected chi connectivity index (χ2v) is 13.3. The lowest BCUT2D eigenvalue weighted by Gasteiger charge is -2.43. The van der Waals surface area contributed by atoms with Crippen molar-refractivity contribution < 1.29 is 33.5 Å². The quantitative estimate of drug-likeness (QED) is 0.298. The van der Waals surface area contributed by atoms with Gasteiger partial charge in [-0.3, -0.25) is 19.3 Å². The van der Waals surface area contributed by atoms with E-state index in [1.165, 1.54) is 41.3 Å². The number of carbonyl (C=O) groups is 4. The minimum atomic E-state index is -1.11. The first-order chi connectivity index (χ1) is 24.0. The first-order valence-corrected chi connectivity index (χ1v) is 16.8. The predicted octanol–water partition coefficient (Wildman–Crippen LogP) is 5.02. The monoisotopic (exact) mass is 701 g/mol. The second-order valence-electron chi connectivity index (χ2n) is 12.9. The van der Waals surface area contributed by atoms with Crippen LogP contribution >= 0.6 is 11.6 Å². The van der Waals surface area contributed by atoms with Gasteiger partial charge in [0.2, 0.25) is 18.4 Å². The Morgan fingerprint density at radius 2 is 1.78 bits per heavy atom. The third-order valence-electron chi connectivity index (χ3n) is 9.54. The van der Waals surface area contributed by atoms with E-state index in [2.05, 4.69) is 5.16 Å². The molecule has 3 heterocycles. The fourth-order valence-electron chi connectivity index (χ4n) is 6.71. The molecule has 3 atom stereocenters. The van der Waals surface area contributed by atoms with Gasteiger partial charge in [-0.1, -0.05) is 60.9 Å². The smallest absolute Gasteiger partial charge is 0.335 e. The number of oxime groups is 1. The summed E-state index contributed by atoms with van der Waals surface area (Å²) < 4.78 is 14.8. The fraction of sp³-hybridized carbons (Fsp3) is 0.324. The summed E-state index contributed by atoms with van der Waals surface area (Å²) in [6, 6.07) is 15.5. The van der Waals surface area contributed by atoms with Crippen LogP contribution in [0.25, 0.3) is 5.57 Å². The van der Waals surface area contributed by atoms with Crippen molar-refractivity contribution in [2.45, 2.75) is 51.4 Å². The lowest BCUT2D eigenvalue weighted by Crippen LogP contribution is -2.51. The molecule has 3 aromatic carbocycles. The summed E-state index contributed by atoms with van der Waals surface area (Å²) in [5, 5.41) is 13.4. The van der Waals surface area contributed by atoms with Gasteiger partial charge in [0.15, 0.2) is 5.82 Å². The molecular weight excluding hydrogens is 665 g/mol. The number of hydrogen-bond donors (Lipinski definition) is 2. The van der Waals surface area contributed by atoms with Gasteiger partial charge in [0.05, 0.1) is 22.3 Å². The van der Waals surface area contributed by atoms with E-state index in [0.29, 0.717) is 43.6 Å². The van der Waals surface area contributed by atoms with Crippen LogP contribution in [-0.4, -0.2) is 76.6 Å². The zero-order chi connectivity index (χ0) is 35.7. The van der Waals surface area contributed by atoms with Gasteiger partial charge < -0.3 is 25.5 Å². The maximum Gasteiger partial charge on any atom is 0.335 e. The highest BCUT2D eigenvalue weighted by molar-refractivity contribution is 6.31. The Morgan fingerprint density at radius 1 is 1.06 bits per heavy atom. The third kappa shape index (κ3) is 6.60. The summed E-state index contributed by atoms with van der Waals surface area (Å²) >= 11 is 5.99. The number of aromatic carboxylic acids is 1. The molecule has 0 fully saturated rings. The van der Waals surface area contributed by atoms with E-state index < -0.39 is 36.0 Å². The number of nitrogens with zero attached hydrogens (tertiary/aromatic N) is 4. The van der Waals surface area contributed by atoms with E-state index in [0.717, 1.165) is 16.7 Å². The summed E-state index contributed by atoms with van der Waals surface area (Å²) in [5.41, 5.74) is 10.6. The number of rotatable bonds is 9. The largest absolute Gasteiger partial charge is 0.478 e. The van der Waals surface area contributed by atoms with Crippen LogP contribution in [0.1, 0.15) is 65.5 Å². The lowest BCUT2D eigenvalue weighted by molar-refractivity contribution is -0.145. The summed E-state index contributed by atoms with van der Waals surface area (Å²) in [5.74, 6) is -2.30. The van der Waals surface area contributed by atoms with Crippen molar-refractivity contribution in [3.8, 4) is 0 Å². The molecule has 3 aromatic rings. The summed E-state index contributed by atoms with van der Waals surface area (Å²) in [6.07, 6.45) is 1.68. The topological polar surface area (TPSA) is 146 Å². The van der Waals surface area contributed by atoms with Gasteiger partial charge >= 0.3 is 5.97 Å². The van der Waals surface area contributed by atoms with Crippen LogP contribution < -0.4 is 10.6 Å². The minimum Gasteiger partial charge on any atom is -0.478 e. The molecule has 0 bridgehead atoms. The van der Waals surface area contributed by atoms with Crippen LogP contribution in [0, 0.1) is 11.7 Å². The molecule has 0 saturated heterocycles. The Bertz CT molecular complexity index is 1900. The number of carboxylic acid groups (broad SMARTS) is 1. The summed E-state index contributed by atoms with van der Waals surface area (Å²) in [7, 11) is 0. The molecule has 0 spiro atoms. The number of fused-ring (bicyclic) bond motifs is 1. The molecule has 50 heavy (non-hydrogen) atoms. The van der Waals surface area contributed by atoms with Crippen LogP contribution in [0.4, 0.5) is 10.1 Å². The van der Waals surface area contributed by atoms with Crippen molar-refractivity contribution in [1.82, 2.24) is 9.80 Å². The predicted molar refractivity (Wildman–Crippen MR) is 186 cm³/mol. The molecule has 3 N–H and O–H groups in total. The zero-order valence-corrected chi connectivity index (χ0v) is 28.3. The van der Waals surface area contributed by atoms with Crippen molar-refractivity contribution in [3.63, 3.8) is 0 Å². The number of nitrogens with two attached hydrogens (primary N) is 1. The van der Waals surface area contributed by atoms with Crippen LogP contribution in [0.3, 0.4) is 0 Å². The average molecular weight is 702 g/mol. The Hall–Kier alpha value is -5.07. The van der Waals surface area contributed by atoms with Crippen LogP contribution in [-0.2, 0) is 25.6 Å². The molecule has 0 radical (unpaired) electrons. The number of amides is 3. The SMILES string of the molecule is CC(C)C(N)C(=O)N1CC=C(c2cccc3c2CCN(C(=O)C2CC(c4cccc(Cl)c4F)=NO2)[C@@H]3N(C=O)c2ccc(C(=O)O)cc2)CC1. The van der Waals surface area contributed by atoms with E-state index in [9.17, 15) is 28.7 Å². The first kappa shape index (κ1) is 34.8. The van der Waals surface area contributed by atoms with Crippen molar-refractivity contribution in [2.24, 2.45) is 16.8 Å². The van der Waals surface area contributed by atoms with Crippen molar-refractivity contribution in [1.29, 1.82) is 0 Å². The van der Waals surface area contributed by atoms with E-state index >= 15 is 0 Å². The Kier molecular flexibility index (Phi) is 10.0. The van der Waals surface area contributed by atoms with Crippen molar-refractivity contribution in [2.75, 3.05) is 24.5 Å². The highest BCUT2D eigenvalue weighted by atomic mass is 35.5. The summed E-state index contributed by atoms with van der Waals surface area (Å²) in [6.45, 7) is 4.97. The van der Waals surface area contributed by atoms with E-state index in [-0.39, 0.29) is 46.7 Å². The molecular formula is C37H37ClFN5O6. The molecule has 11 nitrogen and oxygen atoms in total. The Balaban J connectivity index is 1.34. The van der Waals surface area contributed by atoms with Crippen LogP contribution in [0.2, 0.25) is 5.02 Å². The van der Waals surface area contributed by atoms with E-state index in [1.807, 2.05) is 38.1 Å². The number of carboxylic acids is 1.